The van der Waals surface area contributed by atoms with Crippen molar-refractivity contribution in [2.24, 2.45) is 0 Å². The van der Waals surface area contributed by atoms with E-state index in [1.54, 1.807) is 32.0 Å². The zero-order valence-corrected chi connectivity index (χ0v) is 16.4. The largest absolute Gasteiger partial charge is 0.480 e. The molecule has 0 unspecified atom stereocenters. The summed E-state index contributed by atoms with van der Waals surface area (Å²) in [5, 5.41) is 20.1. The van der Waals surface area contributed by atoms with Crippen LogP contribution in [0.15, 0.2) is 33.6 Å². The van der Waals surface area contributed by atoms with Gasteiger partial charge >= 0.3 is 5.97 Å². The lowest BCUT2D eigenvalue weighted by Gasteiger charge is -2.09. The first-order valence-corrected chi connectivity index (χ1v) is 9.23. The summed E-state index contributed by atoms with van der Waals surface area (Å²) in [4.78, 5) is 35.2. The fourth-order valence-corrected chi connectivity index (χ4v) is 3.89. The number of aliphatic carboxylic acids is 1. The van der Waals surface area contributed by atoms with Gasteiger partial charge < -0.3 is 9.52 Å². The van der Waals surface area contributed by atoms with Crippen LogP contribution < -0.4 is 0 Å². The summed E-state index contributed by atoms with van der Waals surface area (Å²) in [6, 6.07) is 6.51. The molecule has 1 amide bonds. The number of nitro groups is 1. The van der Waals surface area contributed by atoms with Crippen molar-refractivity contribution in [2.45, 2.75) is 13.8 Å². The van der Waals surface area contributed by atoms with E-state index in [4.69, 9.17) is 21.7 Å². The van der Waals surface area contributed by atoms with E-state index in [0.717, 1.165) is 22.2 Å². The second kappa shape index (κ2) is 7.56. The molecule has 144 valence electrons. The Balaban J connectivity index is 1.91. The Hall–Kier alpha value is -2.98. The van der Waals surface area contributed by atoms with Crippen molar-refractivity contribution in [2.75, 3.05) is 6.54 Å². The molecule has 0 radical (unpaired) electrons. The standard InChI is InChI=1S/C18H14N2O6S2/c1-9-5-11(6-13(10(9)2)20(24)25)14-4-3-12(26-14)7-15-17(23)19(8-16(21)22)18(27)28-15/h3-7H,8H2,1-2H3,(H,21,22). The number of thiocarbonyl (C=S) groups is 1. The number of hydrogen-bond donors (Lipinski definition) is 1. The van der Waals surface area contributed by atoms with Gasteiger partial charge in [0.25, 0.3) is 11.6 Å². The lowest BCUT2D eigenvalue weighted by atomic mass is 10.0. The molecule has 1 aromatic carbocycles. The first-order valence-electron chi connectivity index (χ1n) is 8.00. The molecule has 1 saturated heterocycles. The average Bonchev–Trinajstić information content (AvgIpc) is 3.17. The van der Waals surface area contributed by atoms with Crippen molar-refractivity contribution in [3.63, 3.8) is 0 Å². The van der Waals surface area contributed by atoms with Gasteiger partial charge in [0.15, 0.2) is 0 Å². The zero-order chi connectivity index (χ0) is 20.6. The van der Waals surface area contributed by atoms with Crippen LogP contribution in [-0.2, 0) is 9.59 Å². The number of furan rings is 1. The molecule has 0 atom stereocenters. The SMILES string of the molecule is Cc1cc(-c2ccc(C=C3SC(=S)N(CC(=O)O)C3=O)o2)cc([N+](=O)[O-])c1C. The molecule has 1 fully saturated rings. The second-order valence-corrected chi connectivity index (χ2v) is 7.73. The predicted octanol–water partition coefficient (Wildman–Crippen LogP) is 3.76. The lowest BCUT2D eigenvalue weighted by molar-refractivity contribution is -0.385. The Bertz CT molecular complexity index is 1060. The van der Waals surface area contributed by atoms with Crippen LogP contribution in [0.4, 0.5) is 5.69 Å². The van der Waals surface area contributed by atoms with Gasteiger partial charge in [0.1, 0.15) is 22.4 Å². The summed E-state index contributed by atoms with van der Waals surface area (Å²) < 4.78 is 5.88. The van der Waals surface area contributed by atoms with Crippen LogP contribution in [0.2, 0.25) is 0 Å². The van der Waals surface area contributed by atoms with Gasteiger partial charge in [-0.2, -0.15) is 0 Å². The van der Waals surface area contributed by atoms with Crippen LogP contribution in [0.5, 0.6) is 0 Å². The minimum Gasteiger partial charge on any atom is -0.480 e. The maximum Gasteiger partial charge on any atom is 0.323 e. The fourth-order valence-electron chi connectivity index (χ4n) is 2.66. The Labute approximate surface area is 169 Å². The number of thioether (sulfide) groups is 1. The molecule has 0 saturated carbocycles. The molecule has 1 aromatic heterocycles. The van der Waals surface area contributed by atoms with Crippen LogP contribution in [0.25, 0.3) is 17.4 Å². The van der Waals surface area contributed by atoms with Crippen molar-refractivity contribution in [3.8, 4) is 11.3 Å². The van der Waals surface area contributed by atoms with Gasteiger partial charge in [-0.25, -0.2) is 0 Å². The van der Waals surface area contributed by atoms with Crippen molar-refractivity contribution in [3.05, 3.63) is 56.2 Å². The average molecular weight is 418 g/mol. The van der Waals surface area contributed by atoms with E-state index < -0.39 is 23.3 Å². The highest BCUT2D eigenvalue weighted by Gasteiger charge is 2.33. The number of carboxylic acids is 1. The third-order valence-corrected chi connectivity index (χ3v) is 5.57. The van der Waals surface area contributed by atoms with Gasteiger partial charge in [-0.3, -0.25) is 24.6 Å². The van der Waals surface area contributed by atoms with Crippen molar-refractivity contribution in [1.29, 1.82) is 0 Å². The van der Waals surface area contributed by atoms with Gasteiger partial charge in [0, 0.05) is 23.3 Å². The maximum atomic E-state index is 12.3. The van der Waals surface area contributed by atoms with Gasteiger partial charge in [0.05, 0.1) is 9.83 Å². The summed E-state index contributed by atoms with van der Waals surface area (Å²) in [5.74, 6) is -0.892. The lowest BCUT2D eigenvalue weighted by Crippen LogP contribution is -2.33. The number of carboxylic acid groups (broad SMARTS) is 1. The van der Waals surface area contributed by atoms with Crippen LogP contribution in [-0.4, -0.2) is 37.7 Å². The van der Waals surface area contributed by atoms with E-state index in [1.807, 2.05) is 0 Å². The number of nitrogens with zero attached hydrogens (tertiary/aromatic N) is 2. The topological polar surface area (TPSA) is 114 Å². The highest BCUT2D eigenvalue weighted by atomic mass is 32.2. The van der Waals surface area contributed by atoms with Gasteiger partial charge in [-0.1, -0.05) is 24.0 Å². The molecule has 0 bridgehead atoms. The third-order valence-electron chi connectivity index (χ3n) is 4.19. The normalized spacial score (nSPS) is 15.5. The van der Waals surface area contributed by atoms with Crippen LogP contribution in [0.3, 0.4) is 0 Å². The van der Waals surface area contributed by atoms with E-state index in [1.165, 1.54) is 12.1 Å². The Morgan fingerprint density at radius 2 is 2.11 bits per heavy atom. The fraction of sp³-hybridized carbons (Fsp3) is 0.167. The number of hydrogen-bond acceptors (Lipinski definition) is 7. The Morgan fingerprint density at radius 3 is 2.75 bits per heavy atom. The predicted molar refractivity (Wildman–Crippen MR) is 108 cm³/mol. The summed E-state index contributed by atoms with van der Waals surface area (Å²) in [6.45, 7) is 2.96. The van der Waals surface area contributed by atoms with Gasteiger partial charge in [-0.15, -0.1) is 0 Å². The number of nitro benzene ring substituents is 1. The Kier molecular flexibility index (Phi) is 5.34. The number of benzene rings is 1. The zero-order valence-electron chi connectivity index (χ0n) is 14.8. The van der Waals surface area contributed by atoms with Crippen LogP contribution in [0, 0.1) is 24.0 Å². The molecule has 0 aliphatic carbocycles. The summed E-state index contributed by atoms with van der Waals surface area (Å²) in [6.07, 6.45) is 1.47. The molecular weight excluding hydrogens is 404 g/mol. The van der Waals surface area contributed by atoms with Gasteiger partial charge in [0.2, 0.25) is 0 Å². The molecule has 3 rings (SSSR count). The molecule has 0 spiro atoms. The highest BCUT2D eigenvalue weighted by molar-refractivity contribution is 8.26. The minimum atomic E-state index is -1.16. The number of carbonyl (C=O) groups excluding carboxylic acids is 1. The monoisotopic (exact) mass is 418 g/mol. The van der Waals surface area contributed by atoms with E-state index in [-0.39, 0.29) is 14.9 Å². The molecule has 8 nitrogen and oxygen atoms in total. The van der Waals surface area contributed by atoms with Crippen molar-refractivity contribution >= 4 is 51.9 Å². The molecule has 10 heteroatoms. The maximum absolute atomic E-state index is 12.3. The number of carbonyl (C=O) groups is 2. The highest BCUT2D eigenvalue weighted by Crippen LogP contribution is 2.34. The van der Waals surface area contributed by atoms with E-state index >= 15 is 0 Å². The van der Waals surface area contributed by atoms with E-state index in [0.29, 0.717) is 22.6 Å². The van der Waals surface area contributed by atoms with E-state index in [9.17, 15) is 19.7 Å². The molecule has 1 aliphatic heterocycles. The quantitative estimate of drug-likeness (QED) is 0.338. The minimum absolute atomic E-state index is 0.00231. The number of rotatable bonds is 5. The smallest absolute Gasteiger partial charge is 0.323 e. The molecular formula is C18H14N2O6S2. The number of aryl methyl sites for hydroxylation is 1. The summed E-state index contributed by atoms with van der Waals surface area (Å²) >= 11 is 6.04. The molecule has 1 aliphatic rings. The summed E-state index contributed by atoms with van der Waals surface area (Å²) in [7, 11) is 0. The van der Waals surface area contributed by atoms with E-state index in [2.05, 4.69) is 0 Å². The van der Waals surface area contributed by atoms with Gasteiger partial charge in [-0.05, 0) is 37.6 Å². The molecule has 28 heavy (non-hydrogen) atoms. The van der Waals surface area contributed by atoms with Crippen LogP contribution >= 0.6 is 24.0 Å². The first kappa shape index (κ1) is 19.8. The van der Waals surface area contributed by atoms with Crippen LogP contribution in [0.1, 0.15) is 16.9 Å². The van der Waals surface area contributed by atoms with Crippen molar-refractivity contribution in [1.82, 2.24) is 4.90 Å². The molecule has 1 N–H and O–H groups in total. The van der Waals surface area contributed by atoms with Crippen molar-refractivity contribution < 1.29 is 24.0 Å². The summed E-state index contributed by atoms with van der Waals surface area (Å²) in [5.41, 5.74) is 1.90. The molecule has 2 aromatic rings. The number of amides is 1. The third kappa shape index (κ3) is 3.82. The second-order valence-electron chi connectivity index (χ2n) is 6.06. The first-order chi connectivity index (χ1) is 13.2. The molecule has 2 heterocycles. The Morgan fingerprint density at radius 1 is 1.39 bits per heavy atom.